The fourth-order valence-corrected chi connectivity index (χ4v) is 4.22. The molecule has 0 saturated heterocycles. The van der Waals surface area contributed by atoms with E-state index < -0.39 is 38.1 Å². The average Bonchev–Trinajstić information content (AvgIpc) is 2.84. The maximum Gasteiger partial charge on any atom is 0.339 e. The first-order valence-corrected chi connectivity index (χ1v) is 11.5. The van der Waals surface area contributed by atoms with Crippen molar-refractivity contribution >= 4 is 21.7 Å². The normalized spacial score (nSPS) is 11.1. The average molecular weight is 474 g/mol. The first-order chi connectivity index (χ1) is 16.3. The van der Waals surface area contributed by atoms with E-state index >= 15 is 0 Å². The Labute approximate surface area is 195 Å². The highest BCUT2D eigenvalue weighted by Crippen LogP contribution is 2.30. The molecule has 0 aliphatic rings. The molecule has 0 aliphatic heterocycles. The second kappa shape index (κ2) is 9.21. The van der Waals surface area contributed by atoms with Gasteiger partial charge in [0.05, 0.1) is 11.1 Å². The first kappa shape index (κ1) is 22.8. The van der Waals surface area contributed by atoms with Crippen LogP contribution in [0.15, 0.2) is 102 Å². The lowest BCUT2D eigenvalue weighted by Gasteiger charge is -2.11. The van der Waals surface area contributed by atoms with E-state index in [1.807, 2.05) is 0 Å². The summed E-state index contributed by atoms with van der Waals surface area (Å²) in [5, 5.41) is 20.6. The van der Waals surface area contributed by atoms with E-state index in [4.69, 9.17) is 4.18 Å². The lowest BCUT2D eigenvalue weighted by Crippen LogP contribution is -2.11. The molecule has 4 rings (SSSR count). The molecule has 8 heteroatoms. The molecule has 2 N–H and O–H groups in total. The van der Waals surface area contributed by atoms with Gasteiger partial charge in [-0.15, -0.1) is 0 Å². The monoisotopic (exact) mass is 474 g/mol. The highest BCUT2D eigenvalue weighted by Gasteiger charge is 2.22. The Morgan fingerprint density at radius 2 is 1.09 bits per heavy atom. The minimum absolute atomic E-state index is 0.0163. The molecule has 4 aromatic rings. The molecule has 34 heavy (non-hydrogen) atoms. The van der Waals surface area contributed by atoms with Crippen molar-refractivity contribution in [3.05, 3.63) is 119 Å². The van der Waals surface area contributed by atoms with Crippen LogP contribution in [0.4, 0.5) is 0 Å². The Bertz CT molecular complexity index is 1480. The number of phenols is 2. The van der Waals surface area contributed by atoms with E-state index in [1.54, 1.807) is 60.7 Å². The van der Waals surface area contributed by atoms with Crippen molar-refractivity contribution in [3.8, 4) is 17.2 Å². The molecule has 0 aromatic heterocycles. The van der Waals surface area contributed by atoms with Gasteiger partial charge in [-0.2, -0.15) is 8.42 Å². The Kier molecular flexibility index (Phi) is 6.16. The maximum absolute atomic E-state index is 12.7. The first-order valence-electron chi connectivity index (χ1n) is 10.1. The van der Waals surface area contributed by atoms with Crippen LogP contribution >= 0.6 is 0 Å². The van der Waals surface area contributed by atoms with E-state index in [1.165, 1.54) is 18.2 Å². The minimum atomic E-state index is -4.41. The molecule has 0 heterocycles. The van der Waals surface area contributed by atoms with Gasteiger partial charge in [-0.25, -0.2) is 0 Å². The van der Waals surface area contributed by atoms with Crippen molar-refractivity contribution in [2.45, 2.75) is 4.90 Å². The highest BCUT2D eigenvalue weighted by molar-refractivity contribution is 7.87. The van der Waals surface area contributed by atoms with Gasteiger partial charge in [-0.05, 0) is 24.3 Å². The van der Waals surface area contributed by atoms with E-state index in [0.29, 0.717) is 11.1 Å². The van der Waals surface area contributed by atoms with Crippen molar-refractivity contribution in [1.82, 2.24) is 0 Å². The molecule has 0 unspecified atom stereocenters. The summed E-state index contributed by atoms with van der Waals surface area (Å²) in [5.74, 6) is -2.10. The zero-order valence-corrected chi connectivity index (χ0v) is 18.4. The van der Waals surface area contributed by atoms with Crippen LogP contribution in [-0.4, -0.2) is 30.2 Å². The third-order valence-corrected chi connectivity index (χ3v) is 6.24. The number of carbonyl (C=O) groups is 2. The van der Waals surface area contributed by atoms with Gasteiger partial charge in [0.25, 0.3) is 0 Å². The standard InChI is InChI=1S/C26H18O7S/c27-23-15-19(11-13-21(23)25(29)17-7-3-1-4-8-17)33-34(31,32)20-12-14-22(24(28)16-20)26(30)18-9-5-2-6-10-18/h1-16,27-28H. The van der Waals surface area contributed by atoms with Crippen LogP contribution in [0.1, 0.15) is 31.8 Å². The van der Waals surface area contributed by atoms with Crippen LogP contribution < -0.4 is 4.18 Å². The molecule has 0 saturated carbocycles. The summed E-state index contributed by atoms with van der Waals surface area (Å²) in [4.78, 5) is 24.7. The van der Waals surface area contributed by atoms with Gasteiger partial charge in [0, 0.05) is 23.3 Å². The second-order valence-electron chi connectivity index (χ2n) is 7.29. The van der Waals surface area contributed by atoms with Crippen LogP contribution in [0, 0.1) is 0 Å². The number of rotatable bonds is 7. The number of phenolic OH excluding ortho intramolecular Hbond substituents is 2. The number of hydrogen-bond donors (Lipinski definition) is 2. The molecule has 0 radical (unpaired) electrons. The third-order valence-electron chi connectivity index (χ3n) is 4.99. The number of hydrogen-bond acceptors (Lipinski definition) is 7. The van der Waals surface area contributed by atoms with Crippen molar-refractivity contribution in [2.75, 3.05) is 0 Å². The van der Waals surface area contributed by atoms with Crippen LogP contribution in [-0.2, 0) is 10.1 Å². The molecule has 0 atom stereocenters. The van der Waals surface area contributed by atoms with E-state index in [2.05, 4.69) is 0 Å². The largest absolute Gasteiger partial charge is 0.507 e. The molecule has 170 valence electrons. The summed E-state index contributed by atoms with van der Waals surface area (Å²) in [5.41, 5.74) is 0.619. The summed E-state index contributed by atoms with van der Waals surface area (Å²) >= 11 is 0. The number of carbonyl (C=O) groups excluding carboxylic acids is 2. The van der Waals surface area contributed by atoms with Gasteiger partial charge < -0.3 is 14.4 Å². The predicted molar refractivity (Wildman–Crippen MR) is 124 cm³/mol. The summed E-state index contributed by atoms with van der Waals surface area (Å²) in [6.07, 6.45) is 0. The smallest absolute Gasteiger partial charge is 0.339 e. The number of aromatic hydroxyl groups is 2. The predicted octanol–water partition coefficient (Wildman–Crippen LogP) is 4.33. The summed E-state index contributed by atoms with van der Waals surface area (Å²) in [6, 6.07) is 23.3. The van der Waals surface area contributed by atoms with Crippen LogP contribution in [0.25, 0.3) is 0 Å². The van der Waals surface area contributed by atoms with Crippen LogP contribution in [0.5, 0.6) is 17.2 Å². The quantitative estimate of drug-likeness (QED) is 0.302. The molecule has 7 nitrogen and oxygen atoms in total. The van der Waals surface area contributed by atoms with Crippen molar-refractivity contribution < 1.29 is 32.4 Å². The van der Waals surface area contributed by atoms with Crippen molar-refractivity contribution in [3.63, 3.8) is 0 Å². The number of benzene rings is 4. The summed E-state index contributed by atoms with van der Waals surface area (Å²) in [7, 11) is -4.41. The van der Waals surface area contributed by atoms with E-state index in [9.17, 15) is 28.2 Å². The molecule has 4 aromatic carbocycles. The molecular formula is C26H18O7S. The minimum Gasteiger partial charge on any atom is -0.507 e. The van der Waals surface area contributed by atoms with Gasteiger partial charge in [-0.3, -0.25) is 9.59 Å². The van der Waals surface area contributed by atoms with E-state index in [-0.39, 0.29) is 16.9 Å². The molecule has 0 aliphatic carbocycles. The zero-order valence-electron chi connectivity index (χ0n) is 17.6. The van der Waals surface area contributed by atoms with Gasteiger partial charge in [0.2, 0.25) is 0 Å². The summed E-state index contributed by atoms with van der Waals surface area (Å²) < 4.78 is 30.4. The fraction of sp³-hybridized carbons (Fsp3) is 0. The maximum atomic E-state index is 12.7. The Morgan fingerprint density at radius 3 is 1.56 bits per heavy atom. The number of ketones is 2. The third kappa shape index (κ3) is 4.67. The second-order valence-corrected chi connectivity index (χ2v) is 8.83. The van der Waals surface area contributed by atoms with Gasteiger partial charge in [0.1, 0.15) is 22.1 Å². The van der Waals surface area contributed by atoms with E-state index in [0.717, 1.165) is 18.2 Å². The topological polar surface area (TPSA) is 118 Å². The fourth-order valence-electron chi connectivity index (χ4n) is 3.28. The molecule has 0 bridgehead atoms. The Hall–Kier alpha value is -4.43. The highest BCUT2D eigenvalue weighted by atomic mass is 32.2. The molecule has 0 amide bonds. The molecule has 0 fully saturated rings. The van der Waals surface area contributed by atoms with Crippen LogP contribution in [0.3, 0.4) is 0 Å². The SMILES string of the molecule is O=C(c1ccccc1)c1ccc(OS(=O)(=O)c2ccc(C(=O)c3ccccc3)c(O)c2)cc1O. The summed E-state index contributed by atoms with van der Waals surface area (Å²) in [6.45, 7) is 0. The Balaban J connectivity index is 1.56. The molecule has 0 spiro atoms. The van der Waals surface area contributed by atoms with Crippen LogP contribution in [0.2, 0.25) is 0 Å². The van der Waals surface area contributed by atoms with Gasteiger partial charge >= 0.3 is 10.1 Å². The van der Waals surface area contributed by atoms with Gasteiger partial charge in [0.15, 0.2) is 11.6 Å². The molecular weight excluding hydrogens is 456 g/mol. The van der Waals surface area contributed by atoms with Gasteiger partial charge in [-0.1, -0.05) is 60.7 Å². The lowest BCUT2D eigenvalue weighted by atomic mass is 10.0. The lowest BCUT2D eigenvalue weighted by molar-refractivity contribution is 0.102. The zero-order chi connectivity index (χ0) is 24.3. The van der Waals surface area contributed by atoms with Crippen molar-refractivity contribution in [1.29, 1.82) is 0 Å². The Morgan fingerprint density at radius 1 is 0.618 bits per heavy atom. The van der Waals surface area contributed by atoms with Crippen molar-refractivity contribution in [2.24, 2.45) is 0 Å².